The van der Waals surface area contributed by atoms with Crippen LogP contribution in [0.1, 0.15) is 21.9 Å². The standard InChI is InChI=1S/C21H14BrClN2O3/c1-12-2-4-15(23)10-17(12)19-7-5-16(27-19)11-24-25-21(26)20-9-13-8-14(22)3-6-18(13)28-20/h2-11H,1H3,(H,25,26)/b24-11+. The maximum Gasteiger partial charge on any atom is 0.307 e. The molecule has 4 rings (SSSR count). The van der Waals surface area contributed by atoms with Crippen molar-refractivity contribution in [3.63, 3.8) is 0 Å². The van der Waals surface area contributed by atoms with Gasteiger partial charge in [-0.2, -0.15) is 5.10 Å². The summed E-state index contributed by atoms with van der Waals surface area (Å²) in [6, 6.07) is 16.4. The third-order valence-corrected chi connectivity index (χ3v) is 4.88. The second-order valence-corrected chi connectivity index (χ2v) is 7.51. The van der Waals surface area contributed by atoms with Crippen LogP contribution in [-0.4, -0.2) is 12.1 Å². The first-order valence-electron chi connectivity index (χ1n) is 8.38. The van der Waals surface area contributed by atoms with Gasteiger partial charge in [-0.25, -0.2) is 5.43 Å². The number of rotatable bonds is 4. The summed E-state index contributed by atoms with van der Waals surface area (Å²) in [5, 5.41) is 5.41. The molecule has 0 radical (unpaired) electrons. The number of nitrogens with zero attached hydrogens (tertiary/aromatic N) is 1. The molecular weight excluding hydrogens is 444 g/mol. The molecule has 1 N–H and O–H groups in total. The molecule has 28 heavy (non-hydrogen) atoms. The van der Waals surface area contributed by atoms with Gasteiger partial charge in [-0.1, -0.05) is 33.6 Å². The Morgan fingerprint density at radius 1 is 1.11 bits per heavy atom. The van der Waals surface area contributed by atoms with Gasteiger partial charge in [-0.05, 0) is 61.0 Å². The van der Waals surface area contributed by atoms with Gasteiger partial charge in [0.05, 0.1) is 6.21 Å². The average molecular weight is 458 g/mol. The van der Waals surface area contributed by atoms with Crippen molar-refractivity contribution in [1.29, 1.82) is 0 Å². The summed E-state index contributed by atoms with van der Waals surface area (Å²) < 4.78 is 12.2. The minimum absolute atomic E-state index is 0.180. The molecule has 0 aliphatic heterocycles. The highest BCUT2D eigenvalue weighted by atomic mass is 79.9. The summed E-state index contributed by atoms with van der Waals surface area (Å²) in [7, 11) is 0. The number of halogens is 2. The fraction of sp³-hybridized carbons (Fsp3) is 0.0476. The van der Waals surface area contributed by atoms with E-state index in [1.807, 2.05) is 43.3 Å². The van der Waals surface area contributed by atoms with Crippen molar-refractivity contribution in [2.75, 3.05) is 0 Å². The summed E-state index contributed by atoms with van der Waals surface area (Å²) in [5.41, 5.74) is 5.02. The molecule has 2 aromatic heterocycles. The van der Waals surface area contributed by atoms with Gasteiger partial charge in [-0.3, -0.25) is 4.79 Å². The van der Waals surface area contributed by atoms with Crippen molar-refractivity contribution in [2.24, 2.45) is 5.10 Å². The summed E-state index contributed by atoms with van der Waals surface area (Å²) in [6.07, 6.45) is 1.43. The maximum absolute atomic E-state index is 12.2. The first kappa shape index (κ1) is 18.5. The Morgan fingerprint density at radius 3 is 2.82 bits per heavy atom. The van der Waals surface area contributed by atoms with Gasteiger partial charge in [0.1, 0.15) is 17.1 Å². The van der Waals surface area contributed by atoms with Crippen LogP contribution < -0.4 is 5.43 Å². The van der Waals surface area contributed by atoms with Crippen molar-refractivity contribution in [3.8, 4) is 11.3 Å². The molecule has 2 aromatic carbocycles. The first-order chi connectivity index (χ1) is 13.5. The molecule has 0 saturated carbocycles. The second-order valence-electron chi connectivity index (χ2n) is 6.15. The van der Waals surface area contributed by atoms with Crippen LogP contribution in [0.25, 0.3) is 22.3 Å². The van der Waals surface area contributed by atoms with E-state index in [0.29, 0.717) is 22.1 Å². The number of amides is 1. The third kappa shape index (κ3) is 3.88. The van der Waals surface area contributed by atoms with E-state index in [-0.39, 0.29) is 5.76 Å². The molecule has 0 aliphatic rings. The zero-order valence-electron chi connectivity index (χ0n) is 14.7. The van der Waals surface area contributed by atoms with E-state index in [4.69, 9.17) is 20.4 Å². The summed E-state index contributed by atoms with van der Waals surface area (Å²) >= 11 is 9.45. The van der Waals surface area contributed by atoms with Gasteiger partial charge in [-0.15, -0.1) is 0 Å². The predicted octanol–water partition coefficient (Wildman–Crippen LogP) is 6.18. The highest BCUT2D eigenvalue weighted by Crippen LogP contribution is 2.28. The fourth-order valence-electron chi connectivity index (χ4n) is 2.76. The molecule has 0 bridgehead atoms. The molecule has 0 fully saturated rings. The quantitative estimate of drug-likeness (QED) is 0.294. The molecule has 7 heteroatoms. The lowest BCUT2D eigenvalue weighted by Gasteiger charge is -2.02. The van der Waals surface area contributed by atoms with Crippen molar-refractivity contribution in [1.82, 2.24) is 5.43 Å². The molecule has 0 saturated heterocycles. The lowest BCUT2D eigenvalue weighted by atomic mass is 10.1. The first-order valence-corrected chi connectivity index (χ1v) is 9.55. The highest BCUT2D eigenvalue weighted by Gasteiger charge is 2.12. The highest BCUT2D eigenvalue weighted by molar-refractivity contribution is 9.10. The van der Waals surface area contributed by atoms with Gasteiger partial charge in [0, 0.05) is 20.4 Å². The molecule has 5 nitrogen and oxygen atoms in total. The average Bonchev–Trinajstić information content (AvgIpc) is 3.30. The predicted molar refractivity (Wildman–Crippen MR) is 113 cm³/mol. The van der Waals surface area contributed by atoms with Crippen LogP contribution in [0.15, 0.2) is 73.0 Å². The number of nitrogens with one attached hydrogen (secondary N) is 1. The normalized spacial score (nSPS) is 11.4. The Morgan fingerprint density at radius 2 is 1.96 bits per heavy atom. The number of aryl methyl sites for hydroxylation is 1. The number of hydrogen-bond donors (Lipinski definition) is 1. The number of hydrogen-bond acceptors (Lipinski definition) is 4. The van der Waals surface area contributed by atoms with E-state index in [1.54, 1.807) is 18.2 Å². The third-order valence-electron chi connectivity index (χ3n) is 4.15. The van der Waals surface area contributed by atoms with Gasteiger partial charge in [0.25, 0.3) is 0 Å². The zero-order valence-corrected chi connectivity index (χ0v) is 17.0. The van der Waals surface area contributed by atoms with E-state index >= 15 is 0 Å². The van der Waals surface area contributed by atoms with Crippen molar-refractivity contribution in [3.05, 3.63) is 81.2 Å². The van der Waals surface area contributed by atoms with Crippen LogP contribution in [-0.2, 0) is 0 Å². The molecule has 0 atom stereocenters. The Balaban J connectivity index is 1.46. The molecule has 4 aromatic rings. The van der Waals surface area contributed by atoms with Crippen LogP contribution in [0, 0.1) is 6.92 Å². The summed E-state index contributed by atoms with van der Waals surface area (Å²) in [5.74, 6) is 0.917. The SMILES string of the molecule is Cc1ccc(Cl)cc1-c1ccc(/C=N/NC(=O)c2cc3cc(Br)ccc3o2)o1. The minimum atomic E-state index is -0.443. The van der Waals surface area contributed by atoms with E-state index in [9.17, 15) is 4.79 Å². The maximum atomic E-state index is 12.2. The number of carbonyl (C=O) groups excluding carboxylic acids is 1. The van der Waals surface area contributed by atoms with Crippen LogP contribution in [0.4, 0.5) is 0 Å². The number of benzene rings is 2. The van der Waals surface area contributed by atoms with Crippen molar-refractivity contribution < 1.29 is 13.6 Å². The lowest BCUT2D eigenvalue weighted by Crippen LogP contribution is -2.16. The van der Waals surface area contributed by atoms with E-state index in [2.05, 4.69) is 26.5 Å². The van der Waals surface area contributed by atoms with Gasteiger partial charge in [0.2, 0.25) is 0 Å². The zero-order chi connectivity index (χ0) is 19.7. The molecule has 2 heterocycles. The van der Waals surface area contributed by atoms with E-state index in [0.717, 1.165) is 21.0 Å². The molecular formula is C21H14BrClN2O3. The van der Waals surface area contributed by atoms with Gasteiger partial charge < -0.3 is 8.83 Å². The number of furan rings is 2. The largest absolute Gasteiger partial charge is 0.455 e. The Hall–Kier alpha value is -2.83. The Bertz CT molecular complexity index is 1210. The molecule has 0 unspecified atom stereocenters. The second kappa shape index (κ2) is 7.66. The monoisotopic (exact) mass is 456 g/mol. The fourth-order valence-corrected chi connectivity index (χ4v) is 3.31. The molecule has 140 valence electrons. The van der Waals surface area contributed by atoms with Crippen LogP contribution in [0.2, 0.25) is 5.02 Å². The number of fused-ring (bicyclic) bond motifs is 1. The van der Waals surface area contributed by atoms with Gasteiger partial charge >= 0.3 is 5.91 Å². The Labute approximate surface area is 174 Å². The Kier molecular flexibility index (Phi) is 5.07. The van der Waals surface area contributed by atoms with Crippen molar-refractivity contribution in [2.45, 2.75) is 6.92 Å². The smallest absolute Gasteiger partial charge is 0.307 e. The lowest BCUT2D eigenvalue weighted by molar-refractivity contribution is 0.0929. The van der Waals surface area contributed by atoms with Crippen LogP contribution in [0.5, 0.6) is 0 Å². The molecule has 0 spiro atoms. The molecule has 1 amide bonds. The molecule has 0 aliphatic carbocycles. The van der Waals surface area contributed by atoms with Gasteiger partial charge in [0.15, 0.2) is 5.76 Å². The van der Waals surface area contributed by atoms with Crippen LogP contribution in [0.3, 0.4) is 0 Å². The van der Waals surface area contributed by atoms with E-state index < -0.39 is 5.91 Å². The van der Waals surface area contributed by atoms with Crippen molar-refractivity contribution >= 4 is 50.6 Å². The number of carbonyl (C=O) groups is 1. The summed E-state index contributed by atoms with van der Waals surface area (Å²) in [4.78, 5) is 12.2. The summed E-state index contributed by atoms with van der Waals surface area (Å²) in [6.45, 7) is 1.98. The number of hydrazone groups is 1. The van der Waals surface area contributed by atoms with E-state index in [1.165, 1.54) is 6.21 Å². The topological polar surface area (TPSA) is 67.7 Å². The van der Waals surface area contributed by atoms with Crippen LogP contribution >= 0.6 is 27.5 Å². The minimum Gasteiger partial charge on any atom is -0.455 e.